The van der Waals surface area contributed by atoms with Crippen LogP contribution in [0.1, 0.15) is 26.3 Å². The van der Waals surface area contributed by atoms with Gasteiger partial charge in [0.2, 0.25) is 5.69 Å². The average molecular weight is 284 g/mol. The number of benzene rings is 1. The molecule has 0 aliphatic carbocycles. The molecule has 1 aliphatic heterocycles. The maximum atomic E-state index is 9.09. The zero-order valence-electron chi connectivity index (χ0n) is 10.00. The molecule has 0 bridgehead atoms. The Morgan fingerprint density at radius 1 is 1.25 bits per heavy atom. The van der Waals surface area contributed by atoms with E-state index < -0.39 is 0 Å². The van der Waals surface area contributed by atoms with E-state index >= 15 is 0 Å². The highest BCUT2D eigenvalue weighted by atomic mass is 79.9. The van der Waals surface area contributed by atoms with E-state index in [1.807, 2.05) is 0 Å². The largest absolute Gasteiger partial charge is 1.00 e. The van der Waals surface area contributed by atoms with Gasteiger partial charge in [-0.05, 0) is 13.8 Å². The molecule has 2 rings (SSSR count). The van der Waals surface area contributed by atoms with Crippen molar-refractivity contribution < 1.29 is 26.7 Å². The third kappa shape index (κ3) is 1.82. The maximum absolute atomic E-state index is 9.09. The molecule has 0 aromatic heterocycles. The van der Waals surface area contributed by atoms with E-state index in [4.69, 9.17) is 5.11 Å². The lowest BCUT2D eigenvalue weighted by atomic mass is 9.82. The molecule has 0 saturated carbocycles. The molecule has 16 heavy (non-hydrogen) atoms. The van der Waals surface area contributed by atoms with Crippen molar-refractivity contribution in [3.05, 3.63) is 29.8 Å². The van der Waals surface area contributed by atoms with Crippen molar-refractivity contribution in [1.29, 1.82) is 0 Å². The normalized spacial score (nSPS) is 17.0. The second kappa shape index (κ2) is 4.68. The van der Waals surface area contributed by atoms with Crippen LogP contribution in [0.4, 0.5) is 5.69 Å². The first kappa shape index (κ1) is 13.4. The lowest BCUT2D eigenvalue weighted by Gasteiger charge is -2.14. The summed E-state index contributed by atoms with van der Waals surface area (Å²) >= 11 is 0. The van der Waals surface area contributed by atoms with Crippen molar-refractivity contribution >= 4 is 11.4 Å². The molecule has 1 aromatic carbocycles. The van der Waals surface area contributed by atoms with E-state index in [0.717, 1.165) is 0 Å². The lowest BCUT2D eigenvalue weighted by molar-refractivity contribution is -0.442. The van der Waals surface area contributed by atoms with Gasteiger partial charge in [-0.1, -0.05) is 18.2 Å². The first-order valence-corrected chi connectivity index (χ1v) is 5.41. The van der Waals surface area contributed by atoms with E-state index in [2.05, 4.69) is 49.6 Å². The molecule has 3 heteroatoms. The highest BCUT2D eigenvalue weighted by Crippen LogP contribution is 2.38. The van der Waals surface area contributed by atoms with Crippen LogP contribution in [0.25, 0.3) is 0 Å². The molecule has 1 heterocycles. The van der Waals surface area contributed by atoms with Gasteiger partial charge in [-0.25, -0.2) is 0 Å². The standard InChI is InChI=1S/C13H18NO.BrH/c1-10-13(2,3)11-6-4-5-7-12(11)14(10)8-9-15;/h4-7,15H,8-9H2,1-3H3;1H/q+1;/p-1. The summed E-state index contributed by atoms with van der Waals surface area (Å²) in [5.74, 6) is 0. The van der Waals surface area contributed by atoms with Gasteiger partial charge in [-0.2, -0.15) is 4.58 Å². The number of halogens is 1. The van der Waals surface area contributed by atoms with Crippen molar-refractivity contribution in [2.45, 2.75) is 26.2 Å². The number of rotatable bonds is 2. The van der Waals surface area contributed by atoms with Crippen LogP contribution >= 0.6 is 0 Å². The van der Waals surface area contributed by atoms with Gasteiger partial charge in [0.05, 0.1) is 5.41 Å². The van der Waals surface area contributed by atoms with Crippen LogP contribution in [0, 0.1) is 0 Å². The highest BCUT2D eigenvalue weighted by molar-refractivity contribution is 5.93. The molecule has 1 N–H and O–H groups in total. The number of para-hydroxylation sites is 1. The predicted molar refractivity (Wildman–Crippen MR) is 62.0 cm³/mol. The quantitative estimate of drug-likeness (QED) is 0.698. The van der Waals surface area contributed by atoms with Gasteiger partial charge in [-0.3, -0.25) is 0 Å². The van der Waals surface area contributed by atoms with E-state index in [-0.39, 0.29) is 29.0 Å². The Kier molecular flexibility index (Phi) is 3.92. The number of hydrogen-bond donors (Lipinski definition) is 1. The smallest absolute Gasteiger partial charge is 0.209 e. The SMILES string of the molecule is CC1=[N+](CCO)c2ccccc2C1(C)C.[Br-]. The van der Waals surface area contributed by atoms with E-state index in [0.29, 0.717) is 6.54 Å². The summed E-state index contributed by atoms with van der Waals surface area (Å²) in [7, 11) is 0. The Bertz CT molecular complexity index is 424. The first-order chi connectivity index (χ1) is 7.09. The molecule has 0 atom stereocenters. The average Bonchev–Trinajstić information content (AvgIpc) is 2.42. The molecular formula is C13H18BrNO. The van der Waals surface area contributed by atoms with E-state index in [1.54, 1.807) is 0 Å². The molecule has 1 aliphatic rings. The van der Waals surface area contributed by atoms with Gasteiger partial charge in [0, 0.05) is 18.6 Å². The van der Waals surface area contributed by atoms with Crippen LogP contribution in [0.3, 0.4) is 0 Å². The third-order valence-corrected chi connectivity index (χ3v) is 3.50. The van der Waals surface area contributed by atoms with Crippen LogP contribution in [-0.2, 0) is 5.41 Å². The Hall–Kier alpha value is -0.670. The van der Waals surface area contributed by atoms with Crippen molar-refractivity contribution in [3.63, 3.8) is 0 Å². The Balaban J connectivity index is 0.00000128. The molecule has 0 fully saturated rings. The summed E-state index contributed by atoms with van der Waals surface area (Å²) in [4.78, 5) is 0. The fourth-order valence-corrected chi connectivity index (χ4v) is 2.34. The van der Waals surface area contributed by atoms with Crippen LogP contribution in [0.5, 0.6) is 0 Å². The summed E-state index contributed by atoms with van der Waals surface area (Å²) in [6, 6.07) is 8.44. The monoisotopic (exact) mass is 283 g/mol. The van der Waals surface area contributed by atoms with Crippen molar-refractivity contribution in [3.8, 4) is 0 Å². The molecule has 0 spiro atoms. The van der Waals surface area contributed by atoms with Gasteiger partial charge >= 0.3 is 0 Å². The van der Waals surface area contributed by atoms with Crippen molar-refractivity contribution in [2.75, 3.05) is 13.2 Å². The number of nitrogens with zero attached hydrogens (tertiary/aromatic N) is 1. The van der Waals surface area contributed by atoms with Gasteiger partial charge in [0.1, 0.15) is 6.61 Å². The Morgan fingerprint density at radius 3 is 2.50 bits per heavy atom. The third-order valence-electron chi connectivity index (χ3n) is 3.50. The zero-order chi connectivity index (χ0) is 11.1. The fraction of sp³-hybridized carbons (Fsp3) is 0.462. The second-order valence-corrected chi connectivity index (χ2v) is 4.60. The number of fused-ring (bicyclic) bond motifs is 1. The lowest BCUT2D eigenvalue weighted by Crippen LogP contribution is -3.00. The summed E-state index contributed by atoms with van der Waals surface area (Å²) in [5, 5.41) is 9.09. The summed E-state index contributed by atoms with van der Waals surface area (Å²) in [6.07, 6.45) is 0. The number of aliphatic hydroxyl groups excluding tert-OH is 1. The molecule has 0 amide bonds. The molecule has 1 aromatic rings. The van der Waals surface area contributed by atoms with Gasteiger partial charge in [0.15, 0.2) is 12.3 Å². The molecular weight excluding hydrogens is 266 g/mol. The second-order valence-electron chi connectivity index (χ2n) is 4.60. The van der Waals surface area contributed by atoms with Crippen LogP contribution < -0.4 is 17.0 Å². The maximum Gasteiger partial charge on any atom is 0.209 e. The van der Waals surface area contributed by atoms with Gasteiger partial charge in [0.25, 0.3) is 0 Å². The van der Waals surface area contributed by atoms with Crippen molar-refractivity contribution in [2.24, 2.45) is 0 Å². The molecule has 88 valence electrons. The zero-order valence-corrected chi connectivity index (χ0v) is 11.6. The Morgan fingerprint density at radius 2 is 1.88 bits per heavy atom. The topological polar surface area (TPSA) is 23.2 Å². The first-order valence-electron chi connectivity index (χ1n) is 5.41. The number of aliphatic hydroxyl groups is 1. The van der Waals surface area contributed by atoms with Gasteiger partial charge < -0.3 is 22.1 Å². The highest BCUT2D eigenvalue weighted by Gasteiger charge is 2.42. The minimum Gasteiger partial charge on any atom is -1.00 e. The van der Waals surface area contributed by atoms with E-state index in [9.17, 15) is 0 Å². The van der Waals surface area contributed by atoms with Crippen LogP contribution in [0.15, 0.2) is 24.3 Å². The minimum absolute atomic E-state index is 0. The predicted octanol–water partition coefficient (Wildman–Crippen LogP) is -0.921. The van der Waals surface area contributed by atoms with Crippen molar-refractivity contribution in [1.82, 2.24) is 0 Å². The fourth-order valence-electron chi connectivity index (χ4n) is 2.34. The summed E-state index contributed by atoms with van der Waals surface area (Å²) in [6.45, 7) is 7.50. The van der Waals surface area contributed by atoms with E-state index in [1.165, 1.54) is 17.0 Å². The number of β-amino-alcohol motifs (C(OH)–C–C–N with tert-alkyl or cyclic N) is 1. The molecule has 0 unspecified atom stereocenters. The molecule has 2 nitrogen and oxygen atoms in total. The Labute approximate surface area is 107 Å². The van der Waals surface area contributed by atoms with Crippen LogP contribution in [0.2, 0.25) is 0 Å². The minimum atomic E-state index is 0. The summed E-state index contributed by atoms with van der Waals surface area (Å²) < 4.78 is 2.22. The molecule has 0 saturated heterocycles. The number of hydrogen-bond acceptors (Lipinski definition) is 1. The van der Waals surface area contributed by atoms with Gasteiger partial charge in [-0.15, -0.1) is 0 Å². The van der Waals surface area contributed by atoms with Crippen LogP contribution in [-0.4, -0.2) is 28.5 Å². The molecule has 0 radical (unpaired) electrons. The summed E-state index contributed by atoms with van der Waals surface area (Å²) in [5.41, 5.74) is 4.01.